The molecule has 2 atom stereocenters. The molecule has 2 aromatic carbocycles. The van der Waals surface area contributed by atoms with Crippen LogP contribution >= 0.6 is 11.6 Å². The van der Waals surface area contributed by atoms with E-state index in [9.17, 15) is 0 Å². The Balaban J connectivity index is 2.33. The maximum Gasteiger partial charge on any atom is 0.139 e. The Morgan fingerprint density at radius 3 is 2.52 bits per heavy atom. The summed E-state index contributed by atoms with van der Waals surface area (Å²) in [5.41, 5.74) is 8.47. The topological polar surface area (TPSA) is 35.2 Å². The Bertz CT molecular complexity index is 585. The number of aryl methyl sites for hydroxylation is 1. The van der Waals surface area contributed by atoms with E-state index >= 15 is 0 Å². The second kappa shape index (κ2) is 7.48. The van der Waals surface area contributed by atoms with Crippen LogP contribution in [0.5, 0.6) is 5.75 Å². The standard InChI is InChI=1S/C18H22ClNO/c1-3-13-8-5-6-11-17(13)21-18(16(20)4-2)14-9-7-10-15(19)12-14/h5-12,16,18H,3-4,20H2,1-2H3. The monoisotopic (exact) mass is 303 g/mol. The maximum absolute atomic E-state index is 6.27. The van der Waals surface area contributed by atoms with Crippen LogP contribution in [-0.4, -0.2) is 6.04 Å². The molecule has 0 aliphatic rings. The van der Waals surface area contributed by atoms with Crippen molar-refractivity contribution in [3.63, 3.8) is 0 Å². The highest BCUT2D eigenvalue weighted by molar-refractivity contribution is 6.30. The van der Waals surface area contributed by atoms with Crippen LogP contribution < -0.4 is 10.5 Å². The average Bonchev–Trinajstić information content (AvgIpc) is 2.52. The zero-order chi connectivity index (χ0) is 15.2. The lowest BCUT2D eigenvalue weighted by Gasteiger charge is -2.26. The molecule has 112 valence electrons. The molecule has 0 amide bonds. The van der Waals surface area contributed by atoms with E-state index in [4.69, 9.17) is 22.1 Å². The highest BCUT2D eigenvalue weighted by Gasteiger charge is 2.21. The lowest BCUT2D eigenvalue weighted by Crippen LogP contribution is -2.31. The first kappa shape index (κ1) is 15.9. The van der Waals surface area contributed by atoms with Gasteiger partial charge in [-0.15, -0.1) is 0 Å². The van der Waals surface area contributed by atoms with E-state index in [1.807, 2.05) is 42.5 Å². The molecule has 0 heterocycles. The molecule has 0 bridgehead atoms. The van der Waals surface area contributed by atoms with Crippen molar-refractivity contribution in [1.82, 2.24) is 0 Å². The van der Waals surface area contributed by atoms with Crippen LogP contribution in [0, 0.1) is 0 Å². The summed E-state index contributed by atoms with van der Waals surface area (Å²) in [5, 5.41) is 0.702. The van der Waals surface area contributed by atoms with Gasteiger partial charge in [0.1, 0.15) is 11.9 Å². The smallest absolute Gasteiger partial charge is 0.139 e. The molecular weight excluding hydrogens is 282 g/mol. The van der Waals surface area contributed by atoms with Crippen molar-refractivity contribution in [2.45, 2.75) is 38.8 Å². The molecule has 0 aliphatic heterocycles. The van der Waals surface area contributed by atoms with Crippen molar-refractivity contribution in [2.24, 2.45) is 5.73 Å². The van der Waals surface area contributed by atoms with Crippen molar-refractivity contribution in [1.29, 1.82) is 0 Å². The molecule has 0 fully saturated rings. The fourth-order valence-corrected chi connectivity index (χ4v) is 2.55. The number of ether oxygens (including phenoxy) is 1. The lowest BCUT2D eigenvalue weighted by molar-refractivity contribution is 0.169. The number of halogens is 1. The third kappa shape index (κ3) is 3.99. The molecule has 2 nitrogen and oxygen atoms in total. The molecule has 0 saturated heterocycles. The molecule has 3 heteroatoms. The highest BCUT2D eigenvalue weighted by Crippen LogP contribution is 2.29. The summed E-state index contributed by atoms with van der Waals surface area (Å²) in [7, 11) is 0. The molecule has 0 radical (unpaired) electrons. The van der Waals surface area contributed by atoms with Crippen LogP contribution in [-0.2, 0) is 6.42 Å². The van der Waals surface area contributed by atoms with Crippen LogP contribution in [0.25, 0.3) is 0 Å². The Kier molecular flexibility index (Phi) is 5.66. The third-order valence-corrected chi connectivity index (χ3v) is 3.88. The van der Waals surface area contributed by atoms with E-state index < -0.39 is 0 Å². The number of benzene rings is 2. The zero-order valence-corrected chi connectivity index (χ0v) is 13.3. The van der Waals surface area contributed by atoms with Gasteiger partial charge in [-0.05, 0) is 42.2 Å². The number of hydrogen-bond donors (Lipinski definition) is 1. The lowest BCUT2D eigenvalue weighted by atomic mass is 10.0. The summed E-state index contributed by atoms with van der Waals surface area (Å²) in [6, 6.07) is 15.8. The molecule has 0 aliphatic carbocycles. The third-order valence-electron chi connectivity index (χ3n) is 3.64. The van der Waals surface area contributed by atoms with Crippen LogP contribution in [0.15, 0.2) is 48.5 Å². The molecule has 0 aromatic heterocycles. The van der Waals surface area contributed by atoms with Gasteiger partial charge >= 0.3 is 0 Å². The van der Waals surface area contributed by atoms with Crippen LogP contribution in [0.4, 0.5) is 0 Å². The van der Waals surface area contributed by atoms with Gasteiger partial charge in [0, 0.05) is 11.1 Å². The molecule has 0 saturated carbocycles. The summed E-state index contributed by atoms with van der Waals surface area (Å²) in [4.78, 5) is 0. The molecule has 2 rings (SSSR count). The van der Waals surface area contributed by atoms with Crippen molar-refractivity contribution < 1.29 is 4.74 Å². The fourth-order valence-electron chi connectivity index (χ4n) is 2.35. The minimum Gasteiger partial charge on any atom is -0.484 e. The summed E-state index contributed by atoms with van der Waals surface area (Å²) in [6.45, 7) is 4.19. The van der Waals surface area contributed by atoms with Crippen molar-refractivity contribution in [3.8, 4) is 5.75 Å². The van der Waals surface area contributed by atoms with Gasteiger partial charge in [-0.3, -0.25) is 0 Å². The predicted molar refractivity (Wildman–Crippen MR) is 88.9 cm³/mol. The van der Waals surface area contributed by atoms with E-state index in [1.54, 1.807) is 0 Å². The average molecular weight is 304 g/mol. The minimum absolute atomic E-state index is 0.0756. The van der Waals surface area contributed by atoms with Crippen LogP contribution in [0.3, 0.4) is 0 Å². The predicted octanol–water partition coefficient (Wildman–Crippen LogP) is 4.76. The van der Waals surface area contributed by atoms with Crippen molar-refractivity contribution in [3.05, 3.63) is 64.7 Å². The Morgan fingerprint density at radius 1 is 1.10 bits per heavy atom. The molecule has 2 N–H and O–H groups in total. The zero-order valence-electron chi connectivity index (χ0n) is 12.6. The van der Waals surface area contributed by atoms with Gasteiger partial charge in [0.2, 0.25) is 0 Å². The van der Waals surface area contributed by atoms with Gasteiger partial charge in [-0.25, -0.2) is 0 Å². The molecule has 2 unspecified atom stereocenters. The Labute approximate surface area is 131 Å². The summed E-state index contributed by atoms with van der Waals surface area (Å²) >= 11 is 6.10. The van der Waals surface area contributed by atoms with Crippen molar-refractivity contribution >= 4 is 11.6 Å². The van der Waals surface area contributed by atoms with E-state index in [1.165, 1.54) is 5.56 Å². The minimum atomic E-state index is -0.193. The van der Waals surface area contributed by atoms with Gasteiger partial charge in [0.05, 0.1) is 0 Å². The Morgan fingerprint density at radius 2 is 1.86 bits per heavy atom. The van der Waals surface area contributed by atoms with Gasteiger partial charge in [0.25, 0.3) is 0 Å². The number of para-hydroxylation sites is 1. The number of rotatable bonds is 6. The number of nitrogens with two attached hydrogens (primary N) is 1. The fraction of sp³-hybridized carbons (Fsp3) is 0.333. The van der Waals surface area contributed by atoms with Crippen LogP contribution in [0.2, 0.25) is 5.02 Å². The summed E-state index contributed by atoms with van der Waals surface area (Å²) in [5.74, 6) is 0.897. The highest BCUT2D eigenvalue weighted by atomic mass is 35.5. The summed E-state index contributed by atoms with van der Waals surface area (Å²) < 4.78 is 6.25. The first-order chi connectivity index (χ1) is 10.2. The van der Waals surface area contributed by atoms with Gasteiger partial charge in [0.15, 0.2) is 0 Å². The van der Waals surface area contributed by atoms with E-state index in [0.717, 1.165) is 24.2 Å². The molecular formula is C18H22ClNO. The van der Waals surface area contributed by atoms with E-state index in [2.05, 4.69) is 19.9 Å². The second-order valence-electron chi connectivity index (χ2n) is 5.13. The normalized spacial score (nSPS) is 13.7. The first-order valence-corrected chi connectivity index (χ1v) is 7.79. The van der Waals surface area contributed by atoms with Gasteiger partial charge < -0.3 is 10.5 Å². The van der Waals surface area contributed by atoms with E-state index in [0.29, 0.717) is 5.02 Å². The largest absolute Gasteiger partial charge is 0.484 e. The quantitative estimate of drug-likeness (QED) is 0.835. The van der Waals surface area contributed by atoms with E-state index in [-0.39, 0.29) is 12.1 Å². The Hall–Kier alpha value is -1.51. The molecule has 0 spiro atoms. The maximum atomic E-state index is 6.27. The number of hydrogen-bond acceptors (Lipinski definition) is 2. The van der Waals surface area contributed by atoms with Crippen molar-refractivity contribution in [2.75, 3.05) is 0 Å². The van der Waals surface area contributed by atoms with Gasteiger partial charge in [-0.2, -0.15) is 0 Å². The van der Waals surface area contributed by atoms with Gasteiger partial charge in [-0.1, -0.05) is 55.8 Å². The van der Waals surface area contributed by atoms with Crippen LogP contribution in [0.1, 0.15) is 37.5 Å². The first-order valence-electron chi connectivity index (χ1n) is 7.41. The second-order valence-corrected chi connectivity index (χ2v) is 5.56. The molecule has 2 aromatic rings. The summed E-state index contributed by atoms with van der Waals surface area (Å²) in [6.07, 6.45) is 1.58. The SMILES string of the molecule is CCc1ccccc1OC(c1cccc(Cl)c1)C(N)CC. The molecule has 21 heavy (non-hydrogen) atoms.